The Kier molecular flexibility index (Phi) is 3.68. The maximum absolute atomic E-state index is 12.1. The summed E-state index contributed by atoms with van der Waals surface area (Å²) in [5, 5.41) is 0.629. The molecule has 0 bridgehead atoms. The van der Waals surface area contributed by atoms with E-state index in [1.165, 1.54) is 0 Å². The van der Waals surface area contributed by atoms with Gasteiger partial charge in [0.15, 0.2) is 5.78 Å². The number of anilines is 1. The van der Waals surface area contributed by atoms with Gasteiger partial charge in [-0.05, 0) is 42.8 Å². The third-order valence-corrected chi connectivity index (χ3v) is 3.15. The maximum atomic E-state index is 12.1. The van der Waals surface area contributed by atoms with Crippen molar-refractivity contribution in [3.8, 4) is 0 Å². The molecule has 2 rings (SSSR count). The summed E-state index contributed by atoms with van der Waals surface area (Å²) < 4.78 is 0. The first-order valence-corrected chi connectivity index (χ1v) is 6.08. The van der Waals surface area contributed by atoms with E-state index < -0.39 is 0 Å². The van der Waals surface area contributed by atoms with E-state index in [-0.39, 0.29) is 5.78 Å². The number of nitrogen functional groups attached to an aromatic ring is 1. The Bertz CT molecular complexity index is 576. The van der Waals surface area contributed by atoms with Crippen LogP contribution < -0.4 is 5.73 Å². The number of hydrogen-bond donors (Lipinski definition) is 1. The molecule has 0 aliphatic rings. The Labute approximate surface area is 111 Å². The van der Waals surface area contributed by atoms with Crippen LogP contribution in [-0.2, 0) is 6.42 Å². The number of hydrogen-bond acceptors (Lipinski definition) is 2. The molecule has 0 aromatic heterocycles. The third-order valence-electron chi connectivity index (χ3n) is 2.78. The number of ketones is 1. The van der Waals surface area contributed by atoms with E-state index >= 15 is 0 Å². The fourth-order valence-electron chi connectivity index (χ4n) is 1.78. The van der Waals surface area contributed by atoms with Gasteiger partial charge in [0.2, 0.25) is 0 Å². The largest absolute Gasteiger partial charge is 0.399 e. The highest BCUT2D eigenvalue weighted by Crippen LogP contribution is 2.19. The second kappa shape index (κ2) is 5.23. The van der Waals surface area contributed by atoms with E-state index in [0.717, 1.165) is 11.1 Å². The molecule has 0 saturated carbocycles. The van der Waals surface area contributed by atoms with Crippen LogP contribution in [0.15, 0.2) is 42.5 Å². The highest BCUT2D eigenvalue weighted by Gasteiger charge is 2.09. The van der Waals surface area contributed by atoms with Gasteiger partial charge in [0.1, 0.15) is 0 Å². The first-order chi connectivity index (χ1) is 8.56. The lowest BCUT2D eigenvalue weighted by molar-refractivity contribution is 0.0993. The Hall–Kier alpha value is -1.80. The lowest BCUT2D eigenvalue weighted by Gasteiger charge is -2.05. The van der Waals surface area contributed by atoms with Crippen LogP contribution in [-0.4, -0.2) is 5.78 Å². The zero-order valence-corrected chi connectivity index (χ0v) is 10.9. The van der Waals surface area contributed by atoms with E-state index in [1.807, 2.05) is 25.1 Å². The van der Waals surface area contributed by atoms with Crippen molar-refractivity contribution in [1.29, 1.82) is 0 Å². The molecule has 0 amide bonds. The van der Waals surface area contributed by atoms with E-state index in [2.05, 4.69) is 0 Å². The minimum absolute atomic E-state index is 0.0440. The predicted octanol–water partition coefficient (Wildman–Crippen LogP) is 3.66. The topological polar surface area (TPSA) is 43.1 Å². The van der Waals surface area contributed by atoms with Crippen molar-refractivity contribution >= 4 is 23.1 Å². The molecule has 2 aromatic rings. The van der Waals surface area contributed by atoms with Crippen LogP contribution in [0.2, 0.25) is 5.02 Å². The van der Waals surface area contributed by atoms with Gasteiger partial charge in [-0.2, -0.15) is 0 Å². The fourth-order valence-corrected chi connectivity index (χ4v) is 1.97. The van der Waals surface area contributed by atoms with Gasteiger partial charge in [0, 0.05) is 22.7 Å². The average Bonchev–Trinajstić information content (AvgIpc) is 2.34. The summed E-state index contributed by atoms with van der Waals surface area (Å²) in [5.41, 5.74) is 8.85. The molecule has 0 unspecified atom stereocenters. The summed E-state index contributed by atoms with van der Waals surface area (Å²) in [4.78, 5) is 12.1. The first-order valence-electron chi connectivity index (χ1n) is 5.70. The van der Waals surface area contributed by atoms with Crippen molar-refractivity contribution in [2.24, 2.45) is 0 Å². The number of nitrogens with two attached hydrogens (primary N) is 1. The van der Waals surface area contributed by atoms with Crippen LogP contribution in [0.1, 0.15) is 21.5 Å². The van der Waals surface area contributed by atoms with Gasteiger partial charge in [0.05, 0.1) is 0 Å². The quantitative estimate of drug-likeness (QED) is 0.675. The van der Waals surface area contributed by atoms with Crippen LogP contribution in [0.25, 0.3) is 0 Å². The van der Waals surface area contributed by atoms with E-state index in [4.69, 9.17) is 17.3 Å². The van der Waals surface area contributed by atoms with Gasteiger partial charge >= 0.3 is 0 Å². The molecule has 0 spiro atoms. The number of carbonyl (C=O) groups is 1. The molecule has 2 aromatic carbocycles. The summed E-state index contributed by atoms with van der Waals surface area (Å²) in [6.07, 6.45) is 0.310. The highest BCUT2D eigenvalue weighted by molar-refractivity contribution is 6.31. The number of aryl methyl sites for hydroxylation is 1. The summed E-state index contributed by atoms with van der Waals surface area (Å²) in [6, 6.07) is 12.6. The standard InChI is InChI=1S/C15H14ClNO/c1-10-2-7-14(16)12(8-10)9-15(18)11-3-5-13(17)6-4-11/h2-8H,9,17H2,1H3. The van der Waals surface area contributed by atoms with Crippen molar-refractivity contribution < 1.29 is 4.79 Å². The van der Waals surface area contributed by atoms with Crippen LogP contribution >= 0.6 is 11.6 Å². The van der Waals surface area contributed by atoms with E-state index in [9.17, 15) is 4.79 Å². The average molecular weight is 260 g/mol. The number of rotatable bonds is 3. The summed E-state index contributed by atoms with van der Waals surface area (Å²) in [5.74, 6) is 0.0440. The van der Waals surface area contributed by atoms with Crippen LogP contribution in [0.3, 0.4) is 0 Å². The van der Waals surface area contributed by atoms with Gasteiger partial charge < -0.3 is 5.73 Å². The Morgan fingerprint density at radius 3 is 2.50 bits per heavy atom. The molecule has 0 saturated heterocycles. The number of Topliss-reactive ketones (excluding diaryl/α,β-unsaturated/α-hetero) is 1. The third kappa shape index (κ3) is 2.90. The van der Waals surface area contributed by atoms with E-state index in [1.54, 1.807) is 24.3 Å². The van der Waals surface area contributed by atoms with Gasteiger partial charge in [0.25, 0.3) is 0 Å². The molecule has 0 atom stereocenters. The first kappa shape index (κ1) is 12.7. The second-order valence-electron chi connectivity index (χ2n) is 4.32. The van der Waals surface area contributed by atoms with Gasteiger partial charge in [-0.25, -0.2) is 0 Å². The molecule has 3 heteroatoms. The molecule has 0 fully saturated rings. The van der Waals surface area contributed by atoms with Crippen molar-refractivity contribution in [2.45, 2.75) is 13.3 Å². The Morgan fingerprint density at radius 2 is 1.83 bits per heavy atom. The fraction of sp³-hybridized carbons (Fsp3) is 0.133. The van der Waals surface area contributed by atoms with Gasteiger partial charge in [-0.3, -0.25) is 4.79 Å². The van der Waals surface area contributed by atoms with Crippen molar-refractivity contribution in [3.05, 3.63) is 64.2 Å². The lowest BCUT2D eigenvalue weighted by atomic mass is 10.0. The van der Waals surface area contributed by atoms with Gasteiger partial charge in [-0.15, -0.1) is 0 Å². The van der Waals surface area contributed by atoms with Gasteiger partial charge in [-0.1, -0.05) is 29.3 Å². The zero-order valence-electron chi connectivity index (χ0n) is 10.1. The van der Waals surface area contributed by atoms with Crippen molar-refractivity contribution in [3.63, 3.8) is 0 Å². The number of carbonyl (C=O) groups excluding carboxylic acids is 1. The molecule has 2 N–H and O–H groups in total. The van der Waals surface area contributed by atoms with Crippen LogP contribution in [0.5, 0.6) is 0 Å². The van der Waals surface area contributed by atoms with E-state index in [0.29, 0.717) is 22.7 Å². The molecule has 0 heterocycles. The minimum atomic E-state index is 0.0440. The molecule has 0 radical (unpaired) electrons. The Morgan fingerprint density at radius 1 is 1.17 bits per heavy atom. The Balaban J connectivity index is 2.21. The molecule has 2 nitrogen and oxygen atoms in total. The second-order valence-corrected chi connectivity index (χ2v) is 4.72. The molecular formula is C15H14ClNO. The maximum Gasteiger partial charge on any atom is 0.167 e. The number of halogens is 1. The number of benzene rings is 2. The molecule has 0 aliphatic carbocycles. The normalized spacial score (nSPS) is 10.3. The van der Waals surface area contributed by atoms with Crippen LogP contribution in [0, 0.1) is 6.92 Å². The van der Waals surface area contributed by atoms with Crippen molar-refractivity contribution in [1.82, 2.24) is 0 Å². The predicted molar refractivity (Wildman–Crippen MR) is 75.1 cm³/mol. The van der Waals surface area contributed by atoms with Crippen molar-refractivity contribution in [2.75, 3.05) is 5.73 Å². The minimum Gasteiger partial charge on any atom is -0.399 e. The summed E-state index contributed by atoms with van der Waals surface area (Å²) in [7, 11) is 0. The smallest absolute Gasteiger partial charge is 0.167 e. The SMILES string of the molecule is Cc1ccc(Cl)c(CC(=O)c2ccc(N)cc2)c1. The highest BCUT2D eigenvalue weighted by atomic mass is 35.5. The zero-order chi connectivity index (χ0) is 13.1. The van der Waals surface area contributed by atoms with Crippen LogP contribution in [0.4, 0.5) is 5.69 Å². The molecule has 0 aliphatic heterocycles. The molecular weight excluding hydrogens is 246 g/mol. The summed E-state index contributed by atoms with van der Waals surface area (Å²) >= 11 is 6.08. The summed E-state index contributed by atoms with van der Waals surface area (Å²) in [6.45, 7) is 1.98. The molecule has 18 heavy (non-hydrogen) atoms. The molecule has 92 valence electrons. The monoisotopic (exact) mass is 259 g/mol. The lowest BCUT2D eigenvalue weighted by Crippen LogP contribution is -2.04.